The molecular weight excluding hydrogens is 322 g/mol. The number of nitrogens with zero attached hydrogens (tertiary/aromatic N) is 4. The molecule has 1 fully saturated rings. The molecule has 1 saturated heterocycles. The van der Waals surface area contributed by atoms with Gasteiger partial charge in [-0.3, -0.25) is 9.59 Å². The van der Waals surface area contributed by atoms with Crippen molar-refractivity contribution in [2.75, 3.05) is 13.2 Å². The van der Waals surface area contributed by atoms with E-state index >= 15 is 0 Å². The van der Waals surface area contributed by atoms with Crippen LogP contribution in [0.4, 0.5) is 0 Å². The van der Waals surface area contributed by atoms with Gasteiger partial charge in [-0.15, -0.1) is 0 Å². The van der Waals surface area contributed by atoms with Crippen LogP contribution in [0.1, 0.15) is 40.8 Å². The predicted molar refractivity (Wildman–Crippen MR) is 88.3 cm³/mol. The van der Waals surface area contributed by atoms with Crippen molar-refractivity contribution >= 4 is 5.91 Å². The Morgan fingerprint density at radius 3 is 2.84 bits per heavy atom. The van der Waals surface area contributed by atoms with Gasteiger partial charge in [0.1, 0.15) is 6.04 Å². The molecule has 2 unspecified atom stereocenters. The van der Waals surface area contributed by atoms with Crippen molar-refractivity contribution in [3.8, 4) is 0 Å². The van der Waals surface area contributed by atoms with Crippen molar-refractivity contribution in [2.24, 2.45) is 0 Å². The lowest BCUT2D eigenvalue weighted by molar-refractivity contribution is 0.0914. The molecule has 0 radical (unpaired) electrons. The summed E-state index contributed by atoms with van der Waals surface area (Å²) in [6, 6.07) is 2.66. The normalized spacial score (nSPS) is 22.4. The molecule has 0 bridgehead atoms. The highest BCUT2D eigenvalue weighted by Gasteiger charge is 2.33. The number of carbonyl (C=O) groups is 1. The van der Waals surface area contributed by atoms with Crippen LogP contribution >= 0.6 is 0 Å². The highest BCUT2D eigenvalue weighted by Crippen LogP contribution is 2.21. The van der Waals surface area contributed by atoms with Gasteiger partial charge in [0, 0.05) is 18.5 Å². The Kier molecular flexibility index (Phi) is 4.27. The lowest BCUT2D eigenvalue weighted by atomic mass is 9.97. The molecule has 2 aromatic rings. The first-order valence-corrected chi connectivity index (χ1v) is 8.49. The van der Waals surface area contributed by atoms with Crippen LogP contribution in [-0.2, 0) is 17.6 Å². The lowest BCUT2D eigenvalue weighted by Crippen LogP contribution is -2.44. The molecule has 25 heavy (non-hydrogen) atoms. The Labute approximate surface area is 144 Å². The minimum Gasteiger partial charge on any atom is -0.377 e. The first-order valence-electron chi connectivity index (χ1n) is 8.49. The summed E-state index contributed by atoms with van der Waals surface area (Å²) in [6.07, 6.45) is 7.01. The number of hydrogen-bond donors (Lipinski definition) is 1. The molecule has 8 nitrogen and oxygen atoms in total. The van der Waals surface area contributed by atoms with Gasteiger partial charge in [0.15, 0.2) is 0 Å². The average Bonchev–Trinajstić information content (AvgIpc) is 3.09. The lowest BCUT2D eigenvalue weighted by Gasteiger charge is -2.22. The van der Waals surface area contributed by atoms with E-state index < -0.39 is 0 Å². The number of ether oxygens (including phenoxy) is 1. The van der Waals surface area contributed by atoms with Gasteiger partial charge in [0.25, 0.3) is 11.5 Å². The molecule has 2 aromatic heterocycles. The maximum atomic E-state index is 12.5. The fourth-order valence-electron chi connectivity index (χ4n) is 3.39. The van der Waals surface area contributed by atoms with Crippen molar-refractivity contribution < 1.29 is 9.53 Å². The third-order valence-electron chi connectivity index (χ3n) is 4.68. The largest absolute Gasteiger partial charge is 0.377 e. The number of amides is 1. The van der Waals surface area contributed by atoms with Crippen LogP contribution in [0.3, 0.4) is 0 Å². The van der Waals surface area contributed by atoms with Crippen molar-refractivity contribution in [1.82, 2.24) is 25.1 Å². The summed E-state index contributed by atoms with van der Waals surface area (Å²) in [6.45, 7) is 0.667. The first kappa shape index (κ1) is 15.9. The quantitative estimate of drug-likeness (QED) is 0.861. The molecule has 2 aliphatic rings. The van der Waals surface area contributed by atoms with Gasteiger partial charge < -0.3 is 10.1 Å². The molecule has 1 aliphatic heterocycles. The van der Waals surface area contributed by atoms with Crippen LogP contribution in [0.2, 0.25) is 0 Å². The Morgan fingerprint density at radius 1 is 1.20 bits per heavy atom. The van der Waals surface area contributed by atoms with E-state index in [-0.39, 0.29) is 29.4 Å². The summed E-state index contributed by atoms with van der Waals surface area (Å²) < 4.78 is 6.97. The van der Waals surface area contributed by atoms with Gasteiger partial charge in [-0.2, -0.15) is 5.10 Å². The van der Waals surface area contributed by atoms with E-state index in [2.05, 4.69) is 20.4 Å². The second kappa shape index (κ2) is 6.72. The minimum absolute atomic E-state index is 0.0962. The van der Waals surface area contributed by atoms with Crippen LogP contribution < -0.4 is 10.9 Å². The Morgan fingerprint density at radius 2 is 2.00 bits per heavy atom. The van der Waals surface area contributed by atoms with E-state index in [1.54, 1.807) is 12.1 Å². The SMILES string of the molecule is O=C(NC1COCC1n1nc2c(cc1=O)CCCC2)c1ncccn1. The molecule has 130 valence electrons. The highest BCUT2D eigenvalue weighted by atomic mass is 16.5. The van der Waals surface area contributed by atoms with Crippen molar-refractivity contribution in [1.29, 1.82) is 0 Å². The van der Waals surface area contributed by atoms with Crippen molar-refractivity contribution in [3.05, 3.63) is 52.0 Å². The topological polar surface area (TPSA) is 99.0 Å². The molecule has 8 heteroatoms. The summed E-state index contributed by atoms with van der Waals surface area (Å²) in [5, 5.41) is 7.43. The first-order chi connectivity index (χ1) is 12.2. The van der Waals surface area contributed by atoms with E-state index in [1.807, 2.05) is 0 Å². The molecule has 1 amide bonds. The number of aromatic nitrogens is 4. The Balaban J connectivity index is 1.57. The van der Waals surface area contributed by atoms with Crippen LogP contribution in [0.5, 0.6) is 0 Å². The number of rotatable bonds is 3. The third kappa shape index (κ3) is 3.17. The maximum absolute atomic E-state index is 12.5. The van der Waals surface area contributed by atoms with E-state index in [4.69, 9.17) is 4.74 Å². The molecule has 0 spiro atoms. The third-order valence-corrected chi connectivity index (χ3v) is 4.68. The van der Waals surface area contributed by atoms with E-state index in [9.17, 15) is 9.59 Å². The molecule has 2 atom stereocenters. The van der Waals surface area contributed by atoms with E-state index in [0.29, 0.717) is 13.2 Å². The monoisotopic (exact) mass is 341 g/mol. The summed E-state index contributed by atoms with van der Waals surface area (Å²) >= 11 is 0. The number of fused-ring (bicyclic) bond motifs is 1. The smallest absolute Gasteiger partial charge is 0.289 e. The molecule has 1 aliphatic carbocycles. The summed E-state index contributed by atoms with van der Waals surface area (Å²) in [4.78, 5) is 32.7. The average molecular weight is 341 g/mol. The zero-order valence-electron chi connectivity index (χ0n) is 13.7. The molecule has 1 N–H and O–H groups in total. The summed E-state index contributed by atoms with van der Waals surface area (Å²) in [5.74, 6) is -0.286. The second-order valence-corrected chi connectivity index (χ2v) is 6.36. The van der Waals surface area contributed by atoms with E-state index in [0.717, 1.165) is 36.9 Å². The van der Waals surface area contributed by atoms with Gasteiger partial charge in [-0.25, -0.2) is 14.6 Å². The predicted octanol–water partition coefficient (Wildman–Crippen LogP) is 0.282. The Bertz CT molecular complexity index is 836. The number of nitrogens with one attached hydrogen (secondary N) is 1. The highest BCUT2D eigenvalue weighted by molar-refractivity contribution is 5.90. The number of hydrogen-bond acceptors (Lipinski definition) is 6. The van der Waals surface area contributed by atoms with Gasteiger partial charge in [-0.05, 0) is 37.3 Å². The summed E-state index contributed by atoms with van der Waals surface area (Å²) in [7, 11) is 0. The minimum atomic E-state index is -0.382. The molecule has 0 aromatic carbocycles. The molecule has 4 rings (SSSR count). The molecule has 3 heterocycles. The van der Waals surface area contributed by atoms with Gasteiger partial charge in [0.2, 0.25) is 5.82 Å². The standard InChI is InChI=1S/C17H19N5O3/c23-15-8-11-4-1-2-5-12(11)21-22(15)14-10-25-9-13(14)20-17(24)16-18-6-3-7-19-16/h3,6-8,13-14H,1-2,4-5,9-10H2,(H,20,24). The van der Waals surface area contributed by atoms with Crippen LogP contribution in [0.25, 0.3) is 0 Å². The van der Waals surface area contributed by atoms with Gasteiger partial charge in [0.05, 0.1) is 24.9 Å². The fraction of sp³-hybridized carbons (Fsp3) is 0.471. The van der Waals surface area contributed by atoms with Crippen LogP contribution in [-0.4, -0.2) is 44.9 Å². The zero-order chi connectivity index (χ0) is 17.2. The zero-order valence-corrected chi connectivity index (χ0v) is 13.7. The molecular formula is C17H19N5O3. The fourth-order valence-corrected chi connectivity index (χ4v) is 3.39. The van der Waals surface area contributed by atoms with Crippen LogP contribution in [0, 0.1) is 0 Å². The Hall–Kier alpha value is -2.61. The van der Waals surface area contributed by atoms with Crippen LogP contribution in [0.15, 0.2) is 29.3 Å². The van der Waals surface area contributed by atoms with Crippen molar-refractivity contribution in [2.45, 2.75) is 37.8 Å². The maximum Gasteiger partial charge on any atom is 0.289 e. The number of aryl methyl sites for hydroxylation is 2. The van der Waals surface area contributed by atoms with Gasteiger partial charge in [-0.1, -0.05) is 0 Å². The molecule has 0 saturated carbocycles. The van der Waals surface area contributed by atoms with Crippen molar-refractivity contribution in [3.63, 3.8) is 0 Å². The number of carbonyl (C=O) groups excluding carboxylic acids is 1. The second-order valence-electron chi connectivity index (χ2n) is 6.36. The summed E-state index contributed by atoms with van der Waals surface area (Å²) in [5.41, 5.74) is 1.88. The van der Waals surface area contributed by atoms with E-state index in [1.165, 1.54) is 17.1 Å². The van der Waals surface area contributed by atoms with Gasteiger partial charge >= 0.3 is 0 Å².